The first-order chi connectivity index (χ1) is 7.15. The van der Waals surface area contributed by atoms with Gasteiger partial charge in [0.05, 0.1) is 12.2 Å². The van der Waals surface area contributed by atoms with Crippen molar-refractivity contribution >= 4 is 0 Å². The Bertz CT molecular complexity index is 310. The molecule has 15 heavy (non-hydrogen) atoms. The molecule has 1 fully saturated rings. The Kier molecular flexibility index (Phi) is 2.96. The van der Waals surface area contributed by atoms with E-state index in [0.717, 1.165) is 18.6 Å². The maximum Gasteiger partial charge on any atom is 0.119 e. The van der Waals surface area contributed by atoms with Crippen molar-refractivity contribution in [3.05, 3.63) is 29.8 Å². The molecule has 0 amide bonds. The summed E-state index contributed by atoms with van der Waals surface area (Å²) in [5, 5.41) is 9.23. The van der Waals surface area contributed by atoms with Crippen molar-refractivity contribution < 1.29 is 9.84 Å². The van der Waals surface area contributed by atoms with Gasteiger partial charge in [0, 0.05) is 0 Å². The van der Waals surface area contributed by atoms with Gasteiger partial charge in [0.2, 0.25) is 0 Å². The van der Waals surface area contributed by atoms with Crippen LogP contribution in [0.3, 0.4) is 0 Å². The van der Waals surface area contributed by atoms with Gasteiger partial charge in [-0.25, -0.2) is 0 Å². The summed E-state index contributed by atoms with van der Waals surface area (Å²) in [5.74, 6) is 1.47. The molecule has 1 saturated carbocycles. The molecule has 2 rings (SSSR count). The van der Waals surface area contributed by atoms with Crippen LogP contribution in [0.25, 0.3) is 0 Å². The van der Waals surface area contributed by atoms with Crippen LogP contribution in [0.4, 0.5) is 0 Å². The molecule has 0 bridgehead atoms. The third kappa shape index (κ3) is 2.51. The third-order valence-corrected chi connectivity index (χ3v) is 2.84. The van der Waals surface area contributed by atoms with Gasteiger partial charge in [-0.15, -0.1) is 0 Å². The topological polar surface area (TPSA) is 29.5 Å². The van der Waals surface area contributed by atoms with Crippen LogP contribution in [0.15, 0.2) is 24.3 Å². The summed E-state index contributed by atoms with van der Waals surface area (Å²) in [6, 6.07) is 8.24. The first-order valence-corrected chi connectivity index (χ1v) is 5.60. The lowest BCUT2D eigenvalue weighted by molar-refractivity contribution is 0.0746. The number of hydrogen-bond acceptors (Lipinski definition) is 2. The fourth-order valence-electron chi connectivity index (χ4n) is 1.95. The Hall–Kier alpha value is -1.02. The molecule has 0 saturated heterocycles. The van der Waals surface area contributed by atoms with E-state index in [0.29, 0.717) is 5.92 Å². The molecule has 1 aliphatic carbocycles. The summed E-state index contributed by atoms with van der Waals surface area (Å²) < 4.78 is 5.57. The molecule has 0 atom stereocenters. The van der Waals surface area contributed by atoms with Gasteiger partial charge in [-0.1, -0.05) is 12.1 Å². The molecule has 1 aliphatic rings. The summed E-state index contributed by atoms with van der Waals surface area (Å²) in [5.41, 5.74) is 1.32. The molecule has 0 aromatic heterocycles. The van der Waals surface area contributed by atoms with Crippen LogP contribution in [0.1, 0.15) is 38.2 Å². The molecule has 0 radical (unpaired) electrons. The van der Waals surface area contributed by atoms with E-state index in [1.165, 1.54) is 5.56 Å². The summed E-state index contributed by atoms with van der Waals surface area (Å²) in [6.07, 6.45) is 1.96. The van der Waals surface area contributed by atoms with Gasteiger partial charge in [-0.3, -0.25) is 0 Å². The van der Waals surface area contributed by atoms with Crippen molar-refractivity contribution in [3.8, 4) is 5.75 Å². The number of aliphatic hydroxyl groups is 1. The second-order valence-electron chi connectivity index (χ2n) is 4.56. The fourth-order valence-corrected chi connectivity index (χ4v) is 1.95. The molecular weight excluding hydrogens is 188 g/mol. The second kappa shape index (κ2) is 4.23. The van der Waals surface area contributed by atoms with Gasteiger partial charge < -0.3 is 9.84 Å². The molecule has 1 aromatic carbocycles. The number of rotatable bonds is 3. The van der Waals surface area contributed by atoms with E-state index in [9.17, 15) is 5.11 Å². The Morgan fingerprint density at radius 2 is 1.80 bits per heavy atom. The van der Waals surface area contributed by atoms with Crippen LogP contribution < -0.4 is 4.74 Å². The van der Waals surface area contributed by atoms with Gasteiger partial charge in [0.1, 0.15) is 5.75 Å². The number of ether oxygens (including phenoxy) is 1. The van der Waals surface area contributed by atoms with E-state index in [1.807, 2.05) is 26.0 Å². The Balaban J connectivity index is 1.98. The Labute approximate surface area is 90.9 Å². The minimum absolute atomic E-state index is 0.0819. The second-order valence-corrected chi connectivity index (χ2v) is 4.56. The lowest BCUT2D eigenvalue weighted by atomic mass is 9.78. The molecule has 82 valence electrons. The van der Waals surface area contributed by atoms with Gasteiger partial charge in [-0.2, -0.15) is 0 Å². The fraction of sp³-hybridized carbons (Fsp3) is 0.538. The highest BCUT2D eigenvalue weighted by Gasteiger charge is 2.28. The lowest BCUT2D eigenvalue weighted by Crippen LogP contribution is -2.26. The number of hydrogen-bond donors (Lipinski definition) is 1. The molecule has 2 heteroatoms. The minimum atomic E-state index is -0.0819. The predicted octanol–water partition coefficient (Wildman–Crippen LogP) is 2.71. The summed E-state index contributed by atoms with van der Waals surface area (Å²) in [4.78, 5) is 0. The van der Waals surface area contributed by atoms with E-state index >= 15 is 0 Å². The largest absolute Gasteiger partial charge is 0.491 e. The first kappa shape index (κ1) is 10.5. The zero-order valence-electron chi connectivity index (χ0n) is 9.31. The van der Waals surface area contributed by atoms with E-state index in [4.69, 9.17) is 4.74 Å². The van der Waals surface area contributed by atoms with Crippen LogP contribution in [0, 0.1) is 0 Å². The molecule has 2 nitrogen and oxygen atoms in total. The van der Waals surface area contributed by atoms with Crippen molar-refractivity contribution in [2.75, 3.05) is 0 Å². The Morgan fingerprint density at radius 3 is 2.27 bits per heavy atom. The molecule has 0 unspecified atom stereocenters. The summed E-state index contributed by atoms with van der Waals surface area (Å²) in [6.45, 7) is 4.05. The van der Waals surface area contributed by atoms with Crippen molar-refractivity contribution in [2.45, 2.75) is 44.8 Å². The minimum Gasteiger partial charge on any atom is -0.491 e. The summed E-state index contributed by atoms with van der Waals surface area (Å²) >= 11 is 0. The smallest absolute Gasteiger partial charge is 0.119 e. The van der Waals surface area contributed by atoms with Crippen LogP contribution in [-0.4, -0.2) is 17.3 Å². The molecule has 1 N–H and O–H groups in total. The average Bonchev–Trinajstić information content (AvgIpc) is 2.14. The summed E-state index contributed by atoms with van der Waals surface area (Å²) in [7, 11) is 0. The van der Waals surface area contributed by atoms with Crippen LogP contribution >= 0.6 is 0 Å². The highest BCUT2D eigenvalue weighted by Crippen LogP contribution is 2.37. The van der Waals surface area contributed by atoms with E-state index < -0.39 is 0 Å². The van der Waals surface area contributed by atoms with Crippen LogP contribution in [0.2, 0.25) is 0 Å². The molecular formula is C13H18O2. The maximum absolute atomic E-state index is 9.23. The monoisotopic (exact) mass is 206 g/mol. The maximum atomic E-state index is 9.23. The Morgan fingerprint density at radius 1 is 1.20 bits per heavy atom. The zero-order chi connectivity index (χ0) is 10.8. The van der Waals surface area contributed by atoms with Crippen molar-refractivity contribution in [1.82, 2.24) is 0 Å². The van der Waals surface area contributed by atoms with Gasteiger partial charge in [-0.05, 0) is 50.3 Å². The number of aliphatic hydroxyl groups excluding tert-OH is 1. The van der Waals surface area contributed by atoms with E-state index in [1.54, 1.807) is 0 Å². The first-order valence-electron chi connectivity index (χ1n) is 5.60. The van der Waals surface area contributed by atoms with Crippen molar-refractivity contribution in [1.29, 1.82) is 0 Å². The third-order valence-electron chi connectivity index (χ3n) is 2.84. The lowest BCUT2D eigenvalue weighted by Gasteiger charge is -2.31. The molecule has 0 spiro atoms. The van der Waals surface area contributed by atoms with E-state index in [2.05, 4.69) is 12.1 Å². The van der Waals surface area contributed by atoms with Gasteiger partial charge in [0.25, 0.3) is 0 Å². The van der Waals surface area contributed by atoms with Gasteiger partial charge in [0.15, 0.2) is 0 Å². The van der Waals surface area contributed by atoms with E-state index in [-0.39, 0.29) is 12.2 Å². The van der Waals surface area contributed by atoms with Crippen molar-refractivity contribution in [3.63, 3.8) is 0 Å². The van der Waals surface area contributed by atoms with Crippen LogP contribution in [-0.2, 0) is 0 Å². The molecule has 0 heterocycles. The highest BCUT2D eigenvalue weighted by molar-refractivity contribution is 5.30. The number of benzene rings is 1. The normalized spacial score (nSPS) is 25.1. The van der Waals surface area contributed by atoms with Crippen molar-refractivity contribution in [2.24, 2.45) is 0 Å². The van der Waals surface area contributed by atoms with Gasteiger partial charge >= 0.3 is 0 Å². The standard InChI is InChI=1S/C13H18O2/c1-9(2)15-13-5-3-10(4-6-13)11-7-12(14)8-11/h3-6,9,11-12,14H,7-8H2,1-2H3. The zero-order valence-corrected chi connectivity index (χ0v) is 9.31. The molecule has 0 aliphatic heterocycles. The van der Waals surface area contributed by atoms with Crippen LogP contribution in [0.5, 0.6) is 5.75 Å². The quantitative estimate of drug-likeness (QED) is 0.824. The highest BCUT2D eigenvalue weighted by atomic mass is 16.5. The average molecular weight is 206 g/mol. The molecule has 1 aromatic rings. The SMILES string of the molecule is CC(C)Oc1ccc(C2CC(O)C2)cc1. The predicted molar refractivity (Wildman–Crippen MR) is 60.2 cm³/mol.